The first-order valence-corrected chi connectivity index (χ1v) is 8.05. The molecule has 0 unspecified atom stereocenters. The Hall–Kier alpha value is -1.90. The van der Waals surface area contributed by atoms with Crippen molar-refractivity contribution in [2.45, 2.75) is 26.7 Å². The van der Waals surface area contributed by atoms with E-state index in [9.17, 15) is 36.0 Å². The quantitative estimate of drug-likeness (QED) is 0.296. The van der Waals surface area contributed by atoms with Crippen molar-refractivity contribution in [3.63, 3.8) is 0 Å². The molecule has 0 aromatic carbocycles. The van der Waals surface area contributed by atoms with Crippen molar-refractivity contribution in [1.29, 1.82) is 0 Å². The van der Waals surface area contributed by atoms with Crippen LogP contribution < -0.4 is 9.44 Å². The lowest BCUT2D eigenvalue weighted by Crippen LogP contribution is -2.30. The third-order valence-electron chi connectivity index (χ3n) is 1.30. The largest absolute Gasteiger partial charge is 0.359 e. The summed E-state index contributed by atoms with van der Waals surface area (Å²) >= 11 is 0. The fourth-order valence-electron chi connectivity index (χ4n) is 0.812. The van der Waals surface area contributed by atoms with Crippen LogP contribution in [-0.4, -0.2) is 49.3 Å². The molecule has 0 fully saturated rings. The molecule has 0 aromatic rings. The van der Waals surface area contributed by atoms with E-state index in [-0.39, 0.29) is 0 Å². The molecule has 0 atom stereocenters. The molecule has 14 heteroatoms. The van der Waals surface area contributed by atoms with Gasteiger partial charge in [0, 0.05) is 0 Å². The zero-order chi connectivity index (χ0) is 18.1. The van der Waals surface area contributed by atoms with Crippen molar-refractivity contribution in [2.75, 3.05) is 0 Å². The second kappa shape index (κ2) is 9.19. The second-order valence-electron chi connectivity index (χ2n) is 3.76. The highest BCUT2D eigenvalue weighted by molar-refractivity contribution is 7.84. The van der Waals surface area contributed by atoms with Gasteiger partial charge in [-0.25, -0.2) is 9.44 Å². The monoisotopic (exact) mass is 362 g/mol. The summed E-state index contributed by atoms with van der Waals surface area (Å²) in [7, 11) is -9.04. The molecule has 22 heavy (non-hydrogen) atoms. The van der Waals surface area contributed by atoms with Crippen molar-refractivity contribution in [2.24, 2.45) is 0 Å². The highest BCUT2D eigenvalue weighted by atomic mass is 32.2. The van der Waals surface area contributed by atoms with Gasteiger partial charge in [0.25, 0.3) is 0 Å². The van der Waals surface area contributed by atoms with Crippen LogP contribution in [0.1, 0.15) is 26.7 Å². The smallest absolute Gasteiger partial charge is 0.299 e. The molecule has 0 radical (unpaired) electrons. The van der Waals surface area contributed by atoms with Crippen molar-refractivity contribution < 1.29 is 45.1 Å². The van der Waals surface area contributed by atoms with E-state index in [0.29, 0.717) is 0 Å². The van der Waals surface area contributed by atoms with E-state index in [1.54, 1.807) is 0 Å². The van der Waals surface area contributed by atoms with Crippen molar-refractivity contribution in [3.8, 4) is 0 Å². The third kappa shape index (κ3) is 20.4. The van der Waals surface area contributed by atoms with E-state index in [0.717, 1.165) is 13.8 Å². The van der Waals surface area contributed by atoms with Crippen LogP contribution in [0.3, 0.4) is 0 Å². The fourth-order valence-corrected chi connectivity index (χ4v) is 1.53. The lowest BCUT2D eigenvalue weighted by atomic mass is 10.3. The average molecular weight is 362 g/mol. The van der Waals surface area contributed by atoms with Gasteiger partial charge in [-0.2, -0.15) is 16.8 Å². The summed E-state index contributed by atoms with van der Waals surface area (Å²) in [6, 6.07) is 0. The molecule has 2 amide bonds. The predicted molar refractivity (Wildman–Crippen MR) is 70.0 cm³/mol. The minimum absolute atomic E-state index is 0.480. The zero-order valence-electron chi connectivity index (χ0n) is 11.4. The molecule has 4 N–H and O–H groups in total. The maximum absolute atomic E-state index is 10.4. The number of amides is 2. The fraction of sp³-hybridized carbons (Fsp3) is 0.500. The Morgan fingerprint density at radius 1 is 0.727 bits per heavy atom. The minimum atomic E-state index is -4.52. The van der Waals surface area contributed by atoms with Crippen molar-refractivity contribution >= 4 is 44.0 Å². The van der Waals surface area contributed by atoms with Gasteiger partial charge < -0.3 is 0 Å². The van der Waals surface area contributed by atoms with E-state index >= 15 is 0 Å². The molecule has 0 aliphatic rings. The topological polar surface area (TPSA) is 201 Å². The lowest BCUT2D eigenvalue weighted by Gasteiger charge is -1.96. The number of Topliss-reactive ketones (excluding diaryl/α,β-unsaturated/α-hetero) is 2. The third-order valence-corrected chi connectivity index (χ3v) is 2.28. The van der Waals surface area contributed by atoms with Crippen LogP contribution in [0.5, 0.6) is 0 Å². The molecule has 0 heterocycles. The number of ketones is 2. The van der Waals surface area contributed by atoms with E-state index in [4.69, 9.17) is 9.11 Å². The highest BCUT2D eigenvalue weighted by Gasteiger charge is 2.11. The maximum atomic E-state index is 10.4. The van der Waals surface area contributed by atoms with Crippen LogP contribution >= 0.6 is 0 Å². The van der Waals surface area contributed by atoms with Crippen LogP contribution in [0.25, 0.3) is 0 Å². The lowest BCUT2D eigenvalue weighted by molar-refractivity contribution is -0.127. The van der Waals surface area contributed by atoms with Gasteiger partial charge in [-0.15, -0.1) is 0 Å². The van der Waals surface area contributed by atoms with Crippen LogP contribution in [0.2, 0.25) is 0 Å². The maximum Gasteiger partial charge on any atom is 0.359 e. The molecule has 128 valence electrons. The molecule has 0 saturated carbocycles. The number of hydrogen-bond donors (Lipinski definition) is 4. The van der Waals surface area contributed by atoms with E-state index in [2.05, 4.69) is 0 Å². The Bertz CT molecular complexity index is 590. The molecular weight excluding hydrogens is 348 g/mol. The number of hydrogen-bond acceptors (Lipinski definition) is 8. The summed E-state index contributed by atoms with van der Waals surface area (Å²) in [6.45, 7) is 2.26. The molecule has 0 aliphatic carbocycles. The first-order valence-electron chi connectivity index (χ1n) is 5.17. The molecule has 0 rings (SSSR count). The number of rotatable bonds is 6. The average Bonchev–Trinajstić information content (AvgIpc) is 2.07. The predicted octanol–water partition coefficient (Wildman–Crippen LogP) is -2.23. The molecule has 0 saturated heterocycles. The van der Waals surface area contributed by atoms with E-state index in [1.165, 1.54) is 9.44 Å². The normalized spacial score (nSPS) is 10.7. The van der Waals surface area contributed by atoms with E-state index < -0.39 is 56.8 Å². The SMILES string of the molecule is CC(=O)CC(=O)NS(=O)(=O)O.CC(=O)CC(=O)NS(=O)(=O)O. The zero-order valence-corrected chi connectivity index (χ0v) is 13.0. The minimum Gasteiger partial charge on any atom is -0.299 e. The molecule has 0 bridgehead atoms. The number of nitrogens with one attached hydrogen (secondary N) is 2. The van der Waals surface area contributed by atoms with Gasteiger partial charge in [0.1, 0.15) is 11.6 Å². The van der Waals surface area contributed by atoms with Gasteiger partial charge in [-0.05, 0) is 13.8 Å². The van der Waals surface area contributed by atoms with E-state index in [1.807, 2.05) is 0 Å². The van der Waals surface area contributed by atoms with Crippen LogP contribution in [0, 0.1) is 0 Å². The van der Waals surface area contributed by atoms with Gasteiger partial charge in [0.05, 0.1) is 12.8 Å². The van der Waals surface area contributed by atoms with Crippen LogP contribution in [0.15, 0.2) is 0 Å². The Balaban J connectivity index is 0. The summed E-state index contributed by atoms with van der Waals surface area (Å²) in [5.74, 6) is -3.04. The highest BCUT2D eigenvalue weighted by Crippen LogP contribution is 1.84. The molecule has 0 aromatic heterocycles. The summed E-state index contributed by atoms with van der Waals surface area (Å²) < 4.78 is 58.2. The summed E-state index contributed by atoms with van der Waals surface area (Å²) in [4.78, 5) is 41.2. The summed E-state index contributed by atoms with van der Waals surface area (Å²) in [5, 5.41) is 0. The van der Waals surface area contributed by atoms with Gasteiger partial charge in [0.2, 0.25) is 11.8 Å². The summed E-state index contributed by atoms with van der Waals surface area (Å²) in [5.41, 5.74) is 0. The Morgan fingerprint density at radius 2 is 0.955 bits per heavy atom. The van der Waals surface area contributed by atoms with Gasteiger partial charge in [-0.3, -0.25) is 28.3 Å². The van der Waals surface area contributed by atoms with Gasteiger partial charge in [-0.1, -0.05) is 0 Å². The van der Waals surface area contributed by atoms with Crippen molar-refractivity contribution in [1.82, 2.24) is 9.44 Å². The second-order valence-corrected chi connectivity index (χ2v) is 6.07. The number of carbonyl (C=O) groups is 4. The molecule has 12 nitrogen and oxygen atoms in total. The molecule has 0 aliphatic heterocycles. The van der Waals surface area contributed by atoms with Gasteiger partial charge in [0.15, 0.2) is 0 Å². The molecule has 0 spiro atoms. The Labute approximate surface area is 126 Å². The first-order chi connectivity index (χ1) is 9.62. The van der Waals surface area contributed by atoms with Gasteiger partial charge >= 0.3 is 20.6 Å². The van der Waals surface area contributed by atoms with Crippen LogP contribution in [0.4, 0.5) is 0 Å². The summed E-state index contributed by atoms with van der Waals surface area (Å²) in [6.07, 6.45) is -1.11. The molecular formula is C8H14N2O10S2. The number of carbonyl (C=O) groups excluding carboxylic acids is 4. The Kier molecular flexibility index (Phi) is 9.35. The van der Waals surface area contributed by atoms with Crippen LogP contribution in [-0.2, 0) is 39.8 Å². The first kappa shape index (κ1) is 22.4. The Morgan fingerprint density at radius 3 is 1.09 bits per heavy atom. The van der Waals surface area contributed by atoms with Crippen molar-refractivity contribution in [3.05, 3.63) is 0 Å². The standard InChI is InChI=1S/2C4H7NO5S/c2*1-3(6)2-4(7)5-11(8,9)10/h2*2H2,1H3,(H,5,7)(H,8,9,10).